The van der Waals surface area contributed by atoms with Crippen molar-refractivity contribution in [1.82, 2.24) is 0 Å². The van der Waals surface area contributed by atoms with E-state index in [0.29, 0.717) is 19.0 Å². The molecule has 1 unspecified atom stereocenters. The molecule has 0 saturated carbocycles. The summed E-state index contributed by atoms with van der Waals surface area (Å²) in [6.07, 6.45) is 1.49. The molecule has 0 spiro atoms. The van der Waals surface area contributed by atoms with E-state index in [2.05, 4.69) is 0 Å². The zero-order chi connectivity index (χ0) is 9.26. The fourth-order valence-electron chi connectivity index (χ4n) is 1.47. The Kier molecular flexibility index (Phi) is 2.06. The van der Waals surface area contributed by atoms with Crippen molar-refractivity contribution in [2.45, 2.75) is 5.92 Å². The molecule has 2 rings (SSSR count). The van der Waals surface area contributed by atoms with Gasteiger partial charge in [0.2, 0.25) is 0 Å². The molecule has 4 nitrogen and oxygen atoms in total. The van der Waals surface area contributed by atoms with Gasteiger partial charge >= 0.3 is 5.97 Å². The SMILES string of the molecule is O=C(O)C(c1ccco1)C1COC1. The molecule has 1 aliphatic rings. The average Bonchev–Trinajstić information content (AvgIpc) is 2.46. The molecule has 2 heterocycles. The maximum Gasteiger partial charge on any atom is 0.314 e. The van der Waals surface area contributed by atoms with E-state index in [1.807, 2.05) is 0 Å². The minimum absolute atomic E-state index is 0.0589. The highest BCUT2D eigenvalue weighted by atomic mass is 16.5. The zero-order valence-corrected chi connectivity index (χ0v) is 6.97. The summed E-state index contributed by atoms with van der Waals surface area (Å²) < 4.78 is 10.0. The normalized spacial score (nSPS) is 19.4. The predicted molar refractivity (Wildman–Crippen MR) is 43.4 cm³/mol. The average molecular weight is 182 g/mol. The van der Waals surface area contributed by atoms with E-state index in [0.717, 1.165) is 0 Å². The smallest absolute Gasteiger partial charge is 0.314 e. The fourth-order valence-corrected chi connectivity index (χ4v) is 1.47. The second-order valence-corrected chi connectivity index (χ2v) is 3.13. The van der Waals surface area contributed by atoms with Crippen molar-refractivity contribution in [2.24, 2.45) is 5.92 Å². The lowest BCUT2D eigenvalue weighted by Gasteiger charge is -2.29. The van der Waals surface area contributed by atoms with Crippen molar-refractivity contribution in [3.05, 3.63) is 24.2 Å². The maximum atomic E-state index is 10.9. The van der Waals surface area contributed by atoms with Gasteiger partial charge in [-0.15, -0.1) is 0 Å². The van der Waals surface area contributed by atoms with Gasteiger partial charge in [0.05, 0.1) is 19.5 Å². The Labute approximate surface area is 75.1 Å². The number of hydrogen-bond acceptors (Lipinski definition) is 3. The van der Waals surface area contributed by atoms with Gasteiger partial charge in [0.15, 0.2) is 0 Å². The van der Waals surface area contributed by atoms with E-state index in [1.54, 1.807) is 12.1 Å². The van der Waals surface area contributed by atoms with Crippen LogP contribution in [-0.4, -0.2) is 24.3 Å². The summed E-state index contributed by atoms with van der Waals surface area (Å²) in [6.45, 7) is 1.02. The first kappa shape index (κ1) is 8.31. The summed E-state index contributed by atoms with van der Waals surface area (Å²) in [4.78, 5) is 10.9. The number of carbonyl (C=O) groups is 1. The number of ether oxygens (including phenoxy) is 1. The Hall–Kier alpha value is -1.29. The summed E-state index contributed by atoms with van der Waals surface area (Å²) in [5.74, 6) is -0.823. The molecule has 1 saturated heterocycles. The lowest BCUT2D eigenvalue weighted by molar-refractivity contribution is -0.146. The van der Waals surface area contributed by atoms with Crippen LogP contribution in [0.1, 0.15) is 11.7 Å². The van der Waals surface area contributed by atoms with Crippen LogP contribution in [0.15, 0.2) is 22.8 Å². The number of furan rings is 1. The van der Waals surface area contributed by atoms with Crippen molar-refractivity contribution < 1.29 is 19.1 Å². The molecular formula is C9H10O4. The molecule has 0 radical (unpaired) electrons. The highest BCUT2D eigenvalue weighted by Gasteiger charge is 2.36. The Morgan fingerprint density at radius 1 is 1.62 bits per heavy atom. The van der Waals surface area contributed by atoms with Crippen molar-refractivity contribution in [2.75, 3.05) is 13.2 Å². The summed E-state index contributed by atoms with van der Waals surface area (Å²) in [7, 11) is 0. The minimum atomic E-state index is -0.844. The quantitative estimate of drug-likeness (QED) is 0.760. The Balaban J connectivity index is 2.18. The Morgan fingerprint density at radius 3 is 2.77 bits per heavy atom. The molecule has 0 bridgehead atoms. The van der Waals surface area contributed by atoms with E-state index in [-0.39, 0.29) is 5.92 Å². The third kappa shape index (κ3) is 1.45. The highest BCUT2D eigenvalue weighted by molar-refractivity contribution is 5.75. The molecule has 0 aliphatic carbocycles. The highest BCUT2D eigenvalue weighted by Crippen LogP contribution is 2.30. The van der Waals surface area contributed by atoms with Gasteiger partial charge < -0.3 is 14.3 Å². The van der Waals surface area contributed by atoms with E-state index in [1.165, 1.54) is 6.26 Å². The zero-order valence-electron chi connectivity index (χ0n) is 6.97. The molecule has 0 amide bonds. The van der Waals surface area contributed by atoms with Gasteiger partial charge in [0.25, 0.3) is 0 Å². The molecule has 13 heavy (non-hydrogen) atoms. The first-order chi connectivity index (χ1) is 6.29. The number of carboxylic acid groups (broad SMARTS) is 1. The van der Waals surface area contributed by atoms with Gasteiger partial charge in [0.1, 0.15) is 11.7 Å². The summed E-state index contributed by atoms with van der Waals surface area (Å²) in [5.41, 5.74) is 0. The lowest BCUT2D eigenvalue weighted by Crippen LogP contribution is -2.36. The van der Waals surface area contributed by atoms with Gasteiger partial charge in [-0.3, -0.25) is 4.79 Å². The largest absolute Gasteiger partial charge is 0.481 e. The van der Waals surface area contributed by atoms with Crippen molar-refractivity contribution >= 4 is 5.97 Å². The van der Waals surface area contributed by atoms with Crippen LogP contribution in [0.5, 0.6) is 0 Å². The summed E-state index contributed by atoms with van der Waals surface area (Å²) >= 11 is 0. The van der Waals surface area contributed by atoms with Crippen LogP contribution in [0.4, 0.5) is 0 Å². The van der Waals surface area contributed by atoms with Gasteiger partial charge in [-0.2, -0.15) is 0 Å². The van der Waals surface area contributed by atoms with Crippen LogP contribution < -0.4 is 0 Å². The lowest BCUT2D eigenvalue weighted by atomic mass is 9.89. The van der Waals surface area contributed by atoms with Crippen LogP contribution in [0.2, 0.25) is 0 Å². The maximum absolute atomic E-state index is 10.9. The topological polar surface area (TPSA) is 59.7 Å². The molecule has 0 aromatic carbocycles. The molecule has 1 atom stereocenters. The van der Waals surface area contributed by atoms with Gasteiger partial charge in [-0.25, -0.2) is 0 Å². The monoisotopic (exact) mass is 182 g/mol. The predicted octanol–water partition coefficient (Wildman–Crippen LogP) is 1.09. The fraction of sp³-hybridized carbons (Fsp3) is 0.444. The molecule has 1 aromatic rings. The van der Waals surface area contributed by atoms with Crippen LogP contribution in [-0.2, 0) is 9.53 Å². The summed E-state index contributed by atoms with van der Waals surface area (Å²) in [5, 5.41) is 8.96. The standard InChI is InChI=1S/C9H10O4/c10-9(11)8(6-4-12-5-6)7-2-1-3-13-7/h1-3,6,8H,4-5H2,(H,10,11). The van der Waals surface area contributed by atoms with E-state index >= 15 is 0 Å². The summed E-state index contributed by atoms with van der Waals surface area (Å²) in [6, 6.07) is 3.39. The molecule has 1 fully saturated rings. The Morgan fingerprint density at radius 2 is 2.38 bits per heavy atom. The van der Waals surface area contributed by atoms with Gasteiger partial charge in [-0.1, -0.05) is 0 Å². The molecule has 1 aromatic heterocycles. The van der Waals surface area contributed by atoms with Gasteiger partial charge in [-0.05, 0) is 12.1 Å². The van der Waals surface area contributed by atoms with Gasteiger partial charge in [0, 0.05) is 5.92 Å². The van der Waals surface area contributed by atoms with Crippen molar-refractivity contribution in [3.8, 4) is 0 Å². The van der Waals surface area contributed by atoms with Crippen LogP contribution in [0.3, 0.4) is 0 Å². The minimum Gasteiger partial charge on any atom is -0.481 e. The third-order valence-corrected chi connectivity index (χ3v) is 2.25. The Bertz CT molecular complexity index is 287. The molecule has 1 N–H and O–H groups in total. The number of carboxylic acids is 1. The van der Waals surface area contributed by atoms with Crippen LogP contribution in [0, 0.1) is 5.92 Å². The van der Waals surface area contributed by atoms with Crippen molar-refractivity contribution in [1.29, 1.82) is 0 Å². The first-order valence-electron chi connectivity index (χ1n) is 4.13. The van der Waals surface area contributed by atoms with Crippen molar-refractivity contribution in [3.63, 3.8) is 0 Å². The van der Waals surface area contributed by atoms with E-state index in [9.17, 15) is 4.79 Å². The number of hydrogen-bond donors (Lipinski definition) is 1. The molecule has 4 heteroatoms. The van der Waals surface area contributed by atoms with E-state index in [4.69, 9.17) is 14.3 Å². The molecule has 70 valence electrons. The van der Waals surface area contributed by atoms with Crippen LogP contribution >= 0.6 is 0 Å². The second kappa shape index (κ2) is 3.22. The van der Waals surface area contributed by atoms with Crippen LogP contribution in [0.25, 0.3) is 0 Å². The molecule has 1 aliphatic heterocycles. The third-order valence-electron chi connectivity index (χ3n) is 2.25. The molecular weight excluding hydrogens is 172 g/mol. The number of rotatable bonds is 3. The first-order valence-corrected chi connectivity index (χ1v) is 4.13. The van der Waals surface area contributed by atoms with E-state index < -0.39 is 11.9 Å². The number of aliphatic carboxylic acids is 1. The second-order valence-electron chi connectivity index (χ2n) is 3.13.